The molecule has 3 heterocycles. The highest BCUT2D eigenvalue weighted by atomic mass is 79.9. The molecule has 5 rings (SSSR count). The number of aromatic nitrogens is 7. The van der Waals surface area contributed by atoms with E-state index < -0.39 is 0 Å². The van der Waals surface area contributed by atoms with Crippen molar-refractivity contribution in [2.45, 2.75) is 32.7 Å². The number of H-pyrrole nitrogens is 1. The van der Waals surface area contributed by atoms with Gasteiger partial charge in [0.05, 0.1) is 17.9 Å². The molecule has 0 aliphatic rings. The van der Waals surface area contributed by atoms with Crippen molar-refractivity contribution >= 4 is 15.9 Å². The molecule has 0 aliphatic carbocycles. The fraction of sp³-hybridized carbons (Fsp3) is 0.192. The highest BCUT2D eigenvalue weighted by molar-refractivity contribution is 9.10. The maximum atomic E-state index is 13.4. The van der Waals surface area contributed by atoms with Crippen LogP contribution >= 0.6 is 15.9 Å². The minimum atomic E-state index is -0.0445. The van der Waals surface area contributed by atoms with Crippen LogP contribution in [0.2, 0.25) is 0 Å². The van der Waals surface area contributed by atoms with Crippen molar-refractivity contribution in [2.75, 3.05) is 0 Å². The second-order valence-electron chi connectivity index (χ2n) is 8.26. The molecule has 8 nitrogen and oxygen atoms in total. The third kappa shape index (κ3) is 4.72. The lowest BCUT2D eigenvalue weighted by Crippen LogP contribution is -2.25. The van der Waals surface area contributed by atoms with Gasteiger partial charge in [-0.15, -0.1) is 5.10 Å². The van der Waals surface area contributed by atoms with E-state index in [0.717, 1.165) is 57.5 Å². The largest absolute Gasteiger partial charge is 0.333 e. The zero-order valence-electron chi connectivity index (χ0n) is 19.2. The van der Waals surface area contributed by atoms with Gasteiger partial charge in [0.25, 0.3) is 0 Å². The van der Waals surface area contributed by atoms with Crippen LogP contribution < -0.4 is 5.69 Å². The van der Waals surface area contributed by atoms with E-state index in [1.807, 2.05) is 71.4 Å². The van der Waals surface area contributed by atoms with Crippen LogP contribution in [-0.4, -0.2) is 34.7 Å². The van der Waals surface area contributed by atoms with E-state index in [4.69, 9.17) is 0 Å². The zero-order valence-corrected chi connectivity index (χ0v) is 20.8. The van der Waals surface area contributed by atoms with Gasteiger partial charge in [-0.2, -0.15) is 0 Å². The molecule has 0 saturated heterocycles. The first-order valence-corrected chi connectivity index (χ1v) is 12.3. The number of aryl methyl sites for hydroxylation is 1. The van der Waals surface area contributed by atoms with Crippen LogP contribution in [0.4, 0.5) is 0 Å². The molecule has 0 aliphatic heterocycles. The predicted molar refractivity (Wildman–Crippen MR) is 138 cm³/mol. The molecular formula is C26H24BrN7O. The Hall–Kier alpha value is -3.85. The monoisotopic (exact) mass is 529 g/mol. The van der Waals surface area contributed by atoms with E-state index in [2.05, 4.69) is 48.5 Å². The molecule has 0 atom stereocenters. The van der Waals surface area contributed by atoms with Crippen molar-refractivity contribution in [3.63, 3.8) is 0 Å². The molecule has 9 heteroatoms. The number of hydrogen-bond acceptors (Lipinski definition) is 5. The standard InChI is InChI=1S/C26H24BrN7O/c1-2-3-7-20-17-34(23-10-5-4-9-22(23)27)26(35)33(20)16-18-11-13-19(14-12-18)24-21(8-6-15-28-24)25-29-31-32-30-25/h4-6,8-15,17H,2-3,7,16H2,1H3,(H,29,30,31,32). The first-order chi connectivity index (χ1) is 17.2. The molecule has 5 aromatic rings. The number of nitrogens with one attached hydrogen (secondary N) is 1. The second kappa shape index (κ2) is 10.2. The first-order valence-electron chi connectivity index (χ1n) is 11.5. The molecule has 0 radical (unpaired) electrons. The number of unbranched alkanes of at least 4 members (excludes halogenated alkanes) is 1. The number of rotatable bonds is 8. The topological polar surface area (TPSA) is 94.3 Å². The van der Waals surface area contributed by atoms with Gasteiger partial charge in [0.15, 0.2) is 5.82 Å². The van der Waals surface area contributed by atoms with Gasteiger partial charge >= 0.3 is 5.69 Å². The fourth-order valence-corrected chi connectivity index (χ4v) is 4.60. The minimum Gasteiger partial charge on any atom is -0.292 e. The van der Waals surface area contributed by atoms with Gasteiger partial charge in [-0.25, -0.2) is 9.89 Å². The van der Waals surface area contributed by atoms with Crippen LogP contribution in [0.3, 0.4) is 0 Å². The predicted octanol–water partition coefficient (Wildman–Crippen LogP) is 5.03. The summed E-state index contributed by atoms with van der Waals surface area (Å²) in [5.74, 6) is 0.567. The number of tetrazole rings is 1. The Balaban J connectivity index is 1.47. The van der Waals surface area contributed by atoms with Crippen LogP contribution in [0.5, 0.6) is 0 Å². The summed E-state index contributed by atoms with van der Waals surface area (Å²) in [5.41, 5.74) is 5.43. The summed E-state index contributed by atoms with van der Waals surface area (Å²) in [6.45, 7) is 2.66. The Morgan fingerprint density at radius 2 is 1.86 bits per heavy atom. The lowest BCUT2D eigenvalue weighted by Gasteiger charge is -2.09. The molecule has 3 aromatic heterocycles. The number of hydrogen-bond donors (Lipinski definition) is 1. The van der Waals surface area contributed by atoms with Crippen molar-refractivity contribution in [3.8, 4) is 28.3 Å². The van der Waals surface area contributed by atoms with Gasteiger partial charge in [-0.1, -0.05) is 49.7 Å². The van der Waals surface area contributed by atoms with Crippen LogP contribution in [0, 0.1) is 0 Å². The summed E-state index contributed by atoms with van der Waals surface area (Å²) >= 11 is 3.58. The number of imidazole rings is 1. The lowest BCUT2D eigenvalue weighted by molar-refractivity contribution is 0.674. The van der Waals surface area contributed by atoms with Crippen molar-refractivity contribution < 1.29 is 0 Å². The van der Waals surface area contributed by atoms with E-state index in [-0.39, 0.29) is 5.69 Å². The SMILES string of the molecule is CCCCc1cn(-c2ccccc2Br)c(=O)n1Cc1ccc(-c2ncccc2-c2nnn[nH]2)cc1. The molecule has 0 fully saturated rings. The maximum Gasteiger partial charge on any atom is 0.333 e. The molecule has 1 N–H and O–H groups in total. The van der Waals surface area contributed by atoms with Gasteiger partial charge in [0.2, 0.25) is 0 Å². The third-order valence-electron chi connectivity index (χ3n) is 5.94. The Kier molecular flexibility index (Phi) is 6.67. The quantitative estimate of drug-likeness (QED) is 0.304. The van der Waals surface area contributed by atoms with Crippen molar-refractivity contribution in [3.05, 3.63) is 99.3 Å². The average molecular weight is 530 g/mol. The minimum absolute atomic E-state index is 0.0445. The summed E-state index contributed by atoms with van der Waals surface area (Å²) in [4.78, 5) is 18.0. The van der Waals surface area contributed by atoms with E-state index >= 15 is 0 Å². The normalized spacial score (nSPS) is 11.1. The molecule has 0 unspecified atom stereocenters. The van der Waals surface area contributed by atoms with Gasteiger partial charge in [0, 0.05) is 33.7 Å². The van der Waals surface area contributed by atoms with Gasteiger partial charge in [-0.3, -0.25) is 14.1 Å². The van der Waals surface area contributed by atoms with Crippen LogP contribution in [0.15, 0.2) is 82.3 Å². The van der Waals surface area contributed by atoms with Crippen LogP contribution in [0.25, 0.3) is 28.3 Å². The van der Waals surface area contributed by atoms with Gasteiger partial charge in [-0.05, 0) is 69.0 Å². The van der Waals surface area contributed by atoms with Gasteiger partial charge < -0.3 is 0 Å². The van der Waals surface area contributed by atoms with E-state index in [1.54, 1.807) is 10.8 Å². The number of nitrogens with zero attached hydrogens (tertiary/aromatic N) is 6. The molecule has 0 spiro atoms. The number of aromatic amines is 1. The number of para-hydroxylation sites is 1. The third-order valence-corrected chi connectivity index (χ3v) is 6.61. The Bertz CT molecular complexity index is 1490. The van der Waals surface area contributed by atoms with Crippen molar-refractivity contribution in [1.82, 2.24) is 34.7 Å². The molecule has 0 bridgehead atoms. The number of benzene rings is 2. The zero-order chi connectivity index (χ0) is 24.2. The average Bonchev–Trinajstić information content (AvgIpc) is 3.53. The van der Waals surface area contributed by atoms with E-state index in [1.165, 1.54) is 0 Å². The number of halogens is 1. The Morgan fingerprint density at radius 3 is 2.60 bits per heavy atom. The molecule has 176 valence electrons. The maximum absolute atomic E-state index is 13.4. The summed E-state index contributed by atoms with van der Waals surface area (Å²) in [6.07, 6.45) is 6.66. The summed E-state index contributed by atoms with van der Waals surface area (Å²) in [7, 11) is 0. The highest BCUT2D eigenvalue weighted by Gasteiger charge is 2.15. The summed E-state index contributed by atoms with van der Waals surface area (Å²) < 4.78 is 4.49. The van der Waals surface area contributed by atoms with E-state index in [9.17, 15) is 4.79 Å². The summed E-state index contributed by atoms with van der Waals surface area (Å²) in [6, 6.07) is 19.7. The van der Waals surface area contributed by atoms with Gasteiger partial charge in [0.1, 0.15) is 0 Å². The van der Waals surface area contributed by atoms with Crippen LogP contribution in [-0.2, 0) is 13.0 Å². The molecular weight excluding hydrogens is 506 g/mol. The van der Waals surface area contributed by atoms with Crippen molar-refractivity contribution in [1.29, 1.82) is 0 Å². The first kappa shape index (κ1) is 22.9. The molecule has 2 aromatic carbocycles. The van der Waals surface area contributed by atoms with Crippen LogP contribution in [0.1, 0.15) is 31.0 Å². The lowest BCUT2D eigenvalue weighted by atomic mass is 10.0. The second-order valence-corrected chi connectivity index (χ2v) is 9.11. The fourth-order valence-electron chi connectivity index (χ4n) is 4.12. The van der Waals surface area contributed by atoms with Crippen molar-refractivity contribution in [2.24, 2.45) is 0 Å². The highest BCUT2D eigenvalue weighted by Crippen LogP contribution is 2.28. The Labute approximate surface area is 210 Å². The smallest absolute Gasteiger partial charge is 0.292 e. The number of pyridine rings is 1. The summed E-state index contributed by atoms with van der Waals surface area (Å²) in [5, 5.41) is 14.2. The molecule has 0 amide bonds. The van der Waals surface area contributed by atoms with E-state index in [0.29, 0.717) is 12.4 Å². The molecule has 35 heavy (non-hydrogen) atoms. The Morgan fingerprint density at radius 1 is 1.03 bits per heavy atom. The molecule has 0 saturated carbocycles.